The number of ether oxygens (including phenoxy) is 4. The van der Waals surface area contributed by atoms with Crippen molar-refractivity contribution >= 4 is 0 Å². The molecule has 8 heteroatoms. The maximum atomic E-state index is 14.0. The van der Waals surface area contributed by atoms with E-state index in [0.29, 0.717) is 13.2 Å². The highest BCUT2D eigenvalue weighted by atomic mass is 19.1. The predicted molar refractivity (Wildman–Crippen MR) is 141 cm³/mol. The van der Waals surface area contributed by atoms with Gasteiger partial charge in [0, 0.05) is 39.0 Å². The first-order chi connectivity index (χ1) is 18.1. The molecule has 200 valence electrons. The van der Waals surface area contributed by atoms with Crippen LogP contribution in [0.2, 0.25) is 0 Å². The molecule has 1 aliphatic rings. The van der Waals surface area contributed by atoms with Crippen molar-refractivity contribution in [2.45, 2.75) is 51.3 Å². The van der Waals surface area contributed by atoms with Gasteiger partial charge in [0.25, 0.3) is 0 Å². The number of hydrogen-bond acceptors (Lipinski definition) is 6. The minimum atomic E-state index is -0.435. The number of halogens is 1. The first kappa shape index (κ1) is 26.9. The molecular formula is C29H38FN3O4. The fourth-order valence-electron chi connectivity index (χ4n) is 4.86. The number of hydrogen-bond donors (Lipinski definition) is 0. The number of rotatable bonds is 12. The van der Waals surface area contributed by atoms with Gasteiger partial charge in [0.2, 0.25) is 0 Å². The summed E-state index contributed by atoms with van der Waals surface area (Å²) in [6, 6.07) is 12.6. The third kappa shape index (κ3) is 7.02. The highest BCUT2D eigenvalue weighted by Gasteiger charge is 2.34. The second-order valence-corrected chi connectivity index (χ2v) is 9.46. The van der Waals surface area contributed by atoms with E-state index in [1.807, 2.05) is 18.5 Å². The van der Waals surface area contributed by atoms with Gasteiger partial charge in [-0.3, -0.25) is 4.90 Å². The zero-order chi connectivity index (χ0) is 26.1. The standard InChI is InChI=1S/C29H38FN3O4/c1-4-28-31-14-17-33(28)18-19-36-27-20-23(10-11-26(27)34-2)21-32-15-7-12-29(35-3,13-16-32)22-37-25-9-6-5-8-24(25)30/h5-6,8-11,14,17,20H,4,7,12-13,15-16,18-19,21-22H2,1-3H3/t29-/m1/s1. The monoisotopic (exact) mass is 511 g/mol. The van der Waals surface area contributed by atoms with Crippen molar-refractivity contribution in [1.29, 1.82) is 0 Å². The second-order valence-electron chi connectivity index (χ2n) is 9.46. The lowest BCUT2D eigenvalue weighted by molar-refractivity contribution is -0.0548. The van der Waals surface area contributed by atoms with Gasteiger partial charge in [0.15, 0.2) is 23.1 Å². The Kier molecular flexibility index (Phi) is 9.41. The van der Waals surface area contributed by atoms with Crippen LogP contribution < -0.4 is 14.2 Å². The number of benzene rings is 2. The number of methoxy groups -OCH3 is 2. The molecule has 2 aromatic carbocycles. The van der Waals surface area contributed by atoms with Crippen molar-refractivity contribution in [3.8, 4) is 17.2 Å². The summed E-state index contributed by atoms with van der Waals surface area (Å²) in [6.45, 7) is 6.31. The van der Waals surface area contributed by atoms with E-state index in [2.05, 4.69) is 33.5 Å². The Morgan fingerprint density at radius 3 is 2.65 bits per heavy atom. The molecule has 0 amide bonds. The highest BCUT2D eigenvalue weighted by Crippen LogP contribution is 2.31. The molecule has 2 heterocycles. The molecular weight excluding hydrogens is 473 g/mol. The molecule has 1 aliphatic heterocycles. The molecule has 1 fully saturated rings. The average Bonchev–Trinajstić information content (AvgIpc) is 3.28. The third-order valence-electron chi connectivity index (χ3n) is 7.09. The maximum Gasteiger partial charge on any atom is 0.165 e. The topological polar surface area (TPSA) is 58.0 Å². The Hall–Kier alpha value is -3.10. The summed E-state index contributed by atoms with van der Waals surface area (Å²) >= 11 is 0. The van der Waals surface area contributed by atoms with E-state index < -0.39 is 5.60 Å². The molecule has 0 aliphatic carbocycles. The van der Waals surface area contributed by atoms with Crippen molar-refractivity contribution < 1.29 is 23.3 Å². The first-order valence-corrected chi connectivity index (χ1v) is 13.0. The van der Waals surface area contributed by atoms with Crippen molar-refractivity contribution in [1.82, 2.24) is 14.5 Å². The number of aromatic nitrogens is 2. The molecule has 0 N–H and O–H groups in total. The number of imidazole rings is 1. The summed E-state index contributed by atoms with van der Waals surface area (Å²) < 4.78 is 39.6. The van der Waals surface area contributed by atoms with E-state index in [9.17, 15) is 4.39 Å². The Balaban J connectivity index is 1.34. The van der Waals surface area contributed by atoms with E-state index in [4.69, 9.17) is 18.9 Å². The molecule has 0 unspecified atom stereocenters. The fraction of sp³-hybridized carbons (Fsp3) is 0.483. The maximum absolute atomic E-state index is 14.0. The Morgan fingerprint density at radius 1 is 1.00 bits per heavy atom. The quantitative estimate of drug-likeness (QED) is 0.336. The number of para-hydroxylation sites is 1. The normalized spacial score (nSPS) is 18.4. The molecule has 4 rings (SSSR count). The van der Waals surface area contributed by atoms with Crippen LogP contribution in [0.4, 0.5) is 4.39 Å². The Bertz CT molecular complexity index is 1140. The van der Waals surface area contributed by atoms with Gasteiger partial charge in [0.1, 0.15) is 24.6 Å². The van der Waals surface area contributed by atoms with Gasteiger partial charge in [-0.05, 0) is 55.6 Å². The lowest BCUT2D eigenvalue weighted by atomic mass is 9.95. The van der Waals surface area contributed by atoms with Crippen LogP contribution in [-0.2, 0) is 24.2 Å². The van der Waals surface area contributed by atoms with Gasteiger partial charge in [-0.2, -0.15) is 0 Å². The number of aryl methyl sites for hydroxylation is 1. The average molecular weight is 512 g/mol. The van der Waals surface area contributed by atoms with Crippen LogP contribution in [0.1, 0.15) is 37.6 Å². The van der Waals surface area contributed by atoms with E-state index >= 15 is 0 Å². The minimum absolute atomic E-state index is 0.268. The Morgan fingerprint density at radius 2 is 1.86 bits per heavy atom. The predicted octanol–water partition coefficient (Wildman–Crippen LogP) is 5.12. The van der Waals surface area contributed by atoms with Gasteiger partial charge < -0.3 is 23.5 Å². The third-order valence-corrected chi connectivity index (χ3v) is 7.09. The summed E-state index contributed by atoms with van der Waals surface area (Å²) in [7, 11) is 3.39. The summed E-state index contributed by atoms with van der Waals surface area (Å²) in [5.74, 6) is 2.45. The second kappa shape index (κ2) is 12.9. The van der Waals surface area contributed by atoms with Crippen LogP contribution in [0.25, 0.3) is 0 Å². The highest BCUT2D eigenvalue weighted by molar-refractivity contribution is 5.43. The van der Waals surface area contributed by atoms with E-state index in [1.54, 1.807) is 32.4 Å². The van der Waals surface area contributed by atoms with E-state index in [0.717, 1.165) is 69.2 Å². The van der Waals surface area contributed by atoms with Crippen molar-refractivity contribution in [3.63, 3.8) is 0 Å². The first-order valence-electron chi connectivity index (χ1n) is 13.0. The largest absolute Gasteiger partial charge is 0.493 e. The zero-order valence-corrected chi connectivity index (χ0v) is 22.1. The van der Waals surface area contributed by atoms with E-state index in [1.165, 1.54) is 11.6 Å². The van der Waals surface area contributed by atoms with Crippen LogP contribution >= 0.6 is 0 Å². The van der Waals surface area contributed by atoms with E-state index in [-0.39, 0.29) is 11.6 Å². The number of likely N-dealkylation sites (tertiary alicyclic amines) is 1. The smallest absolute Gasteiger partial charge is 0.165 e. The molecule has 0 saturated carbocycles. The van der Waals surface area contributed by atoms with Gasteiger partial charge in [-0.15, -0.1) is 0 Å². The number of nitrogens with zero attached hydrogens (tertiary/aromatic N) is 3. The van der Waals surface area contributed by atoms with Crippen molar-refractivity contribution in [2.24, 2.45) is 0 Å². The molecule has 0 radical (unpaired) electrons. The summed E-state index contributed by atoms with van der Waals surface area (Å²) in [5, 5.41) is 0. The van der Waals surface area contributed by atoms with Crippen LogP contribution in [0, 0.1) is 5.82 Å². The molecule has 0 spiro atoms. The van der Waals surface area contributed by atoms with Crippen LogP contribution in [0.5, 0.6) is 17.2 Å². The van der Waals surface area contributed by atoms with Gasteiger partial charge in [-0.25, -0.2) is 9.37 Å². The molecule has 3 aromatic rings. The van der Waals surface area contributed by atoms with Crippen LogP contribution in [-0.4, -0.2) is 60.6 Å². The summed E-state index contributed by atoms with van der Waals surface area (Å²) in [4.78, 5) is 6.80. The molecule has 1 aromatic heterocycles. The zero-order valence-electron chi connectivity index (χ0n) is 22.1. The van der Waals surface area contributed by atoms with Gasteiger partial charge >= 0.3 is 0 Å². The minimum Gasteiger partial charge on any atom is -0.493 e. The summed E-state index contributed by atoms with van der Waals surface area (Å²) in [5.41, 5.74) is 0.732. The van der Waals surface area contributed by atoms with Crippen molar-refractivity contribution in [2.75, 3.05) is 40.5 Å². The molecule has 37 heavy (non-hydrogen) atoms. The lowest BCUT2D eigenvalue weighted by Gasteiger charge is -2.31. The van der Waals surface area contributed by atoms with Crippen LogP contribution in [0.3, 0.4) is 0 Å². The molecule has 1 atom stereocenters. The van der Waals surface area contributed by atoms with Crippen molar-refractivity contribution in [3.05, 3.63) is 72.1 Å². The van der Waals surface area contributed by atoms with Gasteiger partial charge in [0.05, 0.1) is 13.7 Å². The van der Waals surface area contributed by atoms with Crippen LogP contribution in [0.15, 0.2) is 54.9 Å². The van der Waals surface area contributed by atoms with Gasteiger partial charge in [-0.1, -0.05) is 25.1 Å². The molecule has 7 nitrogen and oxygen atoms in total. The molecule has 1 saturated heterocycles. The fourth-order valence-corrected chi connectivity index (χ4v) is 4.86. The lowest BCUT2D eigenvalue weighted by Crippen LogP contribution is -2.39. The molecule has 0 bridgehead atoms. The SMILES string of the molecule is CCc1nccn1CCOc1cc(CN2CCC[C@@](COc3ccccc3F)(OC)CC2)ccc1OC. The summed E-state index contributed by atoms with van der Waals surface area (Å²) in [6.07, 6.45) is 7.34. The Labute approximate surface area is 219 Å².